The second kappa shape index (κ2) is 6.81. The van der Waals surface area contributed by atoms with Crippen LogP contribution in [0.4, 0.5) is 0 Å². The Labute approximate surface area is 145 Å². The van der Waals surface area contributed by atoms with Gasteiger partial charge in [0.2, 0.25) is 0 Å². The molecule has 0 aromatic rings. The van der Waals surface area contributed by atoms with E-state index in [0.717, 1.165) is 16.7 Å². The maximum absolute atomic E-state index is 12.7. The topological polar surface area (TPSA) is 50.1 Å². The van der Waals surface area contributed by atoms with Crippen molar-refractivity contribution in [3.63, 3.8) is 0 Å². The van der Waals surface area contributed by atoms with Crippen LogP contribution in [0, 0.1) is 28.6 Å². The van der Waals surface area contributed by atoms with Gasteiger partial charge in [0.05, 0.1) is 12.0 Å². The predicted octanol–water partition coefficient (Wildman–Crippen LogP) is 4.88. The molecule has 1 unspecified atom stereocenters. The molecule has 0 aromatic heterocycles. The van der Waals surface area contributed by atoms with Gasteiger partial charge >= 0.3 is 5.97 Å². The van der Waals surface area contributed by atoms with Crippen LogP contribution in [0.25, 0.3) is 0 Å². The molecule has 0 N–H and O–H groups in total. The molecule has 2 aliphatic carbocycles. The lowest BCUT2D eigenvalue weighted by molar-refractivity contribution is -0.149. The van der Waals surface area contributed by atoms with Crippen molar-refractivity contribution in [3.05, 3.63) is 47.1 Å². The normalized spacial score (nSPS) is 29.2. The Morgan fingerprint density at radius 3 is 2.67 bits per heavy atom. The van der Waals surface area contributed by atoms with Crippen LogP contribution >= 0.6 is 0 Å². The van der Waals surface area contributed by atoms with Crippen LogP contribution in [-0.4, -0.2) is 12.1 Å². The first kappa shape index (κ1) is 18.3. The second-order valence-electron chi connectivity index (χ2n) is 7.65. The van der Waals surface area contributed by atoms with Crippen molar-refractivity contribution in [3.8, 4) is 6.07 Å². The van der Waals surface area contributed by atoms with E-state index in [1.165, 1.54) is 5.57 Å². The third kappa shape index (κ3) is 3.38. The van der Waals surface area contributed by atoms with E-state index < -0.39 is 0 Å². The molecule has 3 heteroatoms. The smallest absolute Gasteiger partial charge is 0.310 e. The van der Waals surface area contributed by atoms with E-state index in [2.05, 4.69) is 46.4 Å². The van der Waals surface area contributed by atoms with Crippen molar-refractivity contribution in [1.82, 2.24) is 0 Å². The Morgan fingerprint density at radius 2 is 2.12 bits per heavy atom. The SMILES string of the molecule is C=CCC1=C(C)C(OC(=O)[C@@H]2[C@@H](C=C(C)C)C2(C)C)CC1=CC#N. The number of carbonyl (C=O) groups is 1. The highest BCUT2D eigenvalue weighted by Crippen LogP contribution is 2.60. The minimum Gasteiger partial charge on any atom is -0.457 e. The highest BCUT2D eigenvalue weighted by atomic mass is 16.5. The maximum Gasteiger partial charge on any atom is 0.310 e. The average molecular weight is 325 g/mol. The highest BCUT2D eigenvalue weighted by molar-refractivity contribution is 5.79. The molecule has 0 bridgehead atoms. The quantitative estimate of drug-likeness (QED) is 0.411. The van der Waals surface area contributed by atoms with Gasteiger partial charge in [0.25, 0.3) is 0 Å². The highest BCUT2D eigenvalue weighted by Gasteiger charge is 2.61. The lowest BCUT2D eigenvalue weighted by Crippen LogP contribution is -2.20. The van der Waals surface area contributed by atoms with Gasteiger partial charge in [-0.1, -0.05) is 31.6 Å². The van der Waals surface area contributed by atoms with Gasteiger partial charge in [0.1, 0.15) is 6.10 Å². The van der Waals surface area contributed by atoms with Crippen molar-refractivity contribution in [2.45, 2.75) is 53.6 Å². The second-order valence-corrected chi connectivity index (χ2v) is 7.65. The summed E-state index contributed by atoms with van der Waals surface area (Å²) in [5, 5.41) is 8.96. The number of hydrogen-bond acceptors (Lipinski definition) is 3. The van der Waals surface area contributed by atoms with Crippen LogP contribution in [0.2, 0.25) is 0 Å². The first-order chi connectivity index (χ1) is 11.2. The Hall–Kier alpha value is -2.08. The molecule has 0 spiro atoms. The van der Waals surface area contributed by atoms with Crippen LogP contribution in [0.1, 0.15) is 47.5 Å². The van der Waals surface area contributed by atoms with Crippen LogP contribution in [0.15, 0.2) is 47.1 Å². The molecule has 0 aromatic carbocycles. The molecular weight excluding hydrogens is 298 g/mol. The van der Waals surface area contributed by atoms with E-state index in [0.29, 0.717) is 12.8 Å². The van der Waals surface area contributed by atoms with Gasteiger partial charge in [-0.2, -0.15) is 5.26 Å². The fourth-order valence-electron chi connectivity index (χ4n) is 3.73. The Morgan fingerprint density at radius 1 is 1.46 bits per heavy atom. The molecule has 0 saturated heterocycles. The van der Waals surface area contributed by atoms with Crippen molar-refractivity contribution >= 4 is 5.97 Å². The zero-order chi connectivity index (χ0) is 18.1. The van der Waals surface area contributed by atoms with Gasteiger partial charge in [-0.05, 0) is 55.2 Å². The number of nitriles is 1. The van der Waals surface area contributed by atoms with E-state index in [4.69, 9.17) is 10.00 Å². The molecule has 1 fully saturated rings. The summed E-state index contributed by atoms with van der Waals surface area (Å²) >= 11 is 0. The number of rotatable bonds is 5. The zero-order valence-corrected chi connectivity index (χ0v) is 15.3. The third-order valence-corrected chi connectivity index (χ3v) is 5.28. The molecule has 1 saturated carbocycles. The van der Waals surface area contributed by atoms with E-state index >= 15 is 0 Å². The Kier molecular flexibility index (Phi) is 5.18. The number of ether oxygens (including phenoxy) is 1. The molecule has 0 aliphatic heterocycles. The van der Waals surface area contributed by atoms with E-state index in [9.17, 15) is 4.79 Å². The summed E-state index contributed by atoms with van der Waals surface area (Å²) in [5.41, 5.74) is 4.28. The lowest BCUT2D eigenvalue weighted by Gasteiger charge is -2.14. The molecular formula is C21H27NO2. The molecule has 24 heavy (non-hydrogen) atoms. The van der Waals surface area contributed by atoms with Crippen LogP contribution in [-0.2, 0) is 9.53 Å². The van der Waals surface area contributed by atoms with Gasteiger partial charge in [-0.25, -0.2) is 0 Å². The first-order valence-electron chi connectivity index (χ1n) is 8.49. The van der Waals surface area contributed by atoms with Crippen molar-refractivity contribution < 1.29 is 9.53 Å². The van der Waals surface area contributed by atoms with Crippen LogP contribution < -0.4 is 0 Å². The van der Waals surface area contributed by atoms with Gasteiger partial charge < -0.3 is 4.74 Å². The van der Waals surface area contributed by atoms with Gasteiger partial charge in [-0.3, -0.25) is 4.79 Å². The largest absolute Gasteiger partial charge is 0.457 e. The molecule has 0 amide bonds. The molecule has 3 atom stereocenters. The monoisotopic (exact) mass is 325 g/mol. The maximum atomic E-state index is 12.7. The minimum absolute atomic E-state index is 0.0418. The number of esters is 1. The first-order valence-corrected chi connectivity index (χ1v) is 8.49. The standard InChI is InChI=1S/C21H27NO2/c1-7-8-16-14(4)18(12-15(16)9-10-22)24-20(23)19-17(11-13(2)3)21(19,5)6/h7,9,11,17-19H,1,8,12H2,2-6H3/t17-,18?,19+/m1/s1. The van der Waals surface area contributed by atoms with E-state index in [1.807, 2.05) is 13.0 Å². The lowest BCUT2D eigenvalue weighted by atomic mass is 10.0. The molecule has 128 valence electrons. The fourth-order valence-corrected chi connectivity index (χ4v) is 3.73. The van der Waals surface area contributed by atoms with Crippen LogP contribution in [0.3, 0.4) is 0 Å². The number of allylic oxidation sites excluding steroid dienone is 5. The Balaban J connectivity index is 2.14. The molecule has 0 radical (unpaired) electrons. The van der Waals surface area contributed by atoms with Gasteiger partial charge in [0, 0.05) is 12.5 Å². The summed E-state index contributed by atoms with van der Waals surface area (Å²) in [6, 6.07) is 2.09. The summed E-state index contributed by atoms with van der Waals surface area (Å²) in [7, 11) is 0. The van der Waals surface area contributed by atoms with Crippen LogP contribution in [0.5, 0.6) is 0 Å². The molecule has 2 rings (SSSR count). The van der Waals surface area contributed by atoms with Gasteiger partial charge in [-0.15, -0.1) is 6.58 Å². The van der Waals surface area contributed by atoms with E-state index in [-0.39, 0.29) is 29.3 Å². The fraction of sp³-hybridized carbons (Fsp3) is 0.524. The third-order valence-electron chi connectivity index (χ3n) is 5.28. The Bertz CT molecular complexity index is 681. The molecule has 2 aliphatic rings. The number of carbonyl (C=O) groups excluding carboxylic acids is 1. The molecule has 0 heterocycles. The summed E-state index contributed by atoms with van der Waals surface area (Å²) in [6.45, 7) is 14.1. The van der Waals surface area contributed by atoms with Crippen molar-refractivity contribution in [1.29, 1.82) is 5.26 Å². The summed E-state index contributed by atoms with van der Waals surface area (Å²) < 4.78 is 5.84. The number of hydrogen-bond donors (Lipinski definition) is 0. The number of nitrogens with zero attached hydrogens (tertiary/aromatic N) is 1. The van der Waals surface area contributed by atoms with Crippen molar-refractivity contribution in [2.24, 2.45) is 17.3 Å². The average Bonchev–Trinajstić information content (AvgIpc) is 2.89. The van der Waals surface area contributed by atoms with Crippen molar-refractivity contribution in [2.75, 3.05) is 0 Å². The van der Waals surface area contributed by atoms with Gasteiger partial charge in [0.15, 0.2) is 0 Å². The minimum atomic E-state index is -0.254. The molecule has 3 nitrogen and oxygen atoms in total. The zero-order valence-electron chi connectivity index (χ0n) is 15.3. The summed E-state index contributed by atoms with van der Waals surface area (Å²) in [6.07, 6.45) is 6.59. The summed E-state index contributed by atoms with van der Waals surface area (Å²) in [4.78, 5) is 12.7. The predicted molar refractivity (Wildman–Crippen MR) is 95.9 cm³/mol. The summed E-state index contributed by atoms with van der Waals surface area (Å²) in [5.74, 6) is 0.0533. The van der Waals surface area contributed by atoms with E-state index in [1.54, 1.807) is 6.08 Å².